The van der Waals surface area contributed by atoms with Gasteiger partial charge in [-0.1, -0.05) is 39.0 Å². The van der Waals surface area contributed by atoms with Crippen LogP contribution in [0.25, 0.3) is 0 Å². The van der Waals surface area contributed by atoms with Gasteiger partial charge in [0.15, 0.2) is 0 Å². The number of aliphatic hydroxyl groups is 1. The average molecular weight is 191 g/mol. The molecular formula is C12H17NO. The summed E-state index contributed by atoms with van der Waals surface area (Å²) in [6.07, 6.45) is 6.63. The zero-order chi connectivity index (χ0) is 10.6. The molecule has 2 nitrogen and oxygen atoms in total. The number of nitrogens with zero attached hydrogens (tertiary/aromatic N) is 1. The first-order valence-corrected chi connectivity index (χ1v) is 4.76. The third-order valence-corrected chi connectivity index (χ3v) is 1.80. The molecule has 0 aliphatic carbocycles. The van der Waals surface area contributed by atoms with Crippen LogP contribution in [0, 0.1) is 5.41 Å². The largest absolute Gasteiger partial charge is 0.384 e. The number of hydrogen-bond acceptors (Lipinski definition) is 2. The Morgan fingerprint density at radius 3 is 2.64 bits per heavy atom. The van der Waals surface area contributed by atoms with Crippen LogP contribution < -0.4 is 0 Å². The van der Waals surface area contributed by atoms with Gasteiger partial charge in [0.2, 0.25) is 0 Å². The minimum atomic E-state index is -0.553. The lowest BCUT2D eigenvalue weighted by molar-refractivity contribution is 0.226. The van der Waals surface area contributed by atoms with Crippen molar-refractivity contribution in [1.82, 2.24) is 4.98 Å². The van der Waals surface area contributed by atoms with Crippen molar-refractivity contribution in [2.45, 2.75) is 26.9 Å². The minimum absolute atomic E-state index is 0.100. The van der Waals surface area contributed by atoms with Crippen molar-refractivity contribution < 1.29 is 5.11 Å². The van der Waals surface area contributed by atoms with E-state index in [-0.39, 0.29) is 5.41 Å². The molecule has 0 amide bonds. The van der Waals surface area contributed by atoms with Crippen LogP contribution in [-0.4, -0.2) is 10.1 Å². The highest BCUT2D eigenvalue weighted by Crippen LogP contribution is 2.19. The van der Waals surface area contributed by atoms with Gasteiger partial charge in [-0.2, -0.15) is 0 Å². The molecule has 1 heterocycles. The normalized spacial score (nSPS) is 14.6. The third kappa shape index (κ3) is 3.71. The van der Waals surface area contributed by atoms with Gasteiger partial charge in [-0.05, 0) is 11.5 Å². The highest BCUT2D eigenvalue weighted by atomic mass is 16.3. The number of hydrogen-bond donors (Lipinski definition) is 1. The highest BCUT2D eigenvalue weighted by Gasteiger charge is 2.07. The second-order valence-electron chi connectivity index (χ2n) is 4.46. The molecule has 0 fully saturated rings. The zero-order valence-corrected chi connectivity index (χ0v) is 8.94. The summed E-state index contributed by atoms with van der Waals surface area (Å²) in [6, 6.07) is 3.69. The molecule has 1 aromatic heterocycles. The quantitative estimate of drug-likeness (QED) is 0.729. The van der Waals surface area contributed by atoms with Gasteiger partial charge >= 0.3 is 0 Å². The lowest BCUT2D eigenvalue weighted by Crippen LogP contribution is -2.01. The van der Waals surface area contributed by atoms with Gasteiger partial charge < -0.3 is 5.11 Å². The first kappa shape index (κ1) is 10.9. The average Bonchev–Trinajstić information content (AvgIpc) is 2.14. The molecule has 1 atom stereocenters. The molecule has 2 heteroatoms. The Hall–Kier alpha value is -1.15. The van der Waals surface area contributed by atoms with E-state index < -0.39 is 6.10 Å². The van der Waals surface area contributed by atoms with Crippen molar-refractivity contribution in [3.8, 4) is 0 Å². The second kappa shape index (κ2) is 4.38. The van der Waals surface area contributed by atoms with E-state index in [1.807, 2.05) is 18.2 Å². The third-order valence-electron chi connectivity index (χ3n) is 1.80. The van der Waals surface area contributed by atoms with Crippen LogP contribution >= 0.6 is 0 Å². The fourth-order valence-corrected chi connectivity index (χ4v) is 1.04. The number of aromatic nitrogens is 1. The van der Waals surface area contributed by atoms with E-state index in [4.69, 9.17) is 0 Å². The Kier molecular flexibility index (Phi) is 3.42. The number of rotatable bonds is 2. The summed E-state index contributed by atoms with van der Waals surface area (Å²) in [7, 11) is 0. The summed E-state index contributed by atoms with van der Waals surface area (Å²) >= 11 is 0. The smallest absolute Gasteiger partial charge is 0.0986 e. The van der Waals surface area contributed by atoms with Crippen LogP contribution in [0.15, 0.2) is 36.7 Å². The van der Waals surface area contributed by atoms with E-state index in [9.17, 15) is 5.11 Å². The Morgan fingerprint density at radius 2 is 2.14 bits per heavy atom. The minimum Gasteiger partial charge on any atom is -0.384 e. The summed E-state index contributed by atoms with van der Waals surface area (Å²) in [5.74, 6) is 0. The van der Waals surface area contributed by atoms with Crippen molar-refractivity contribution >= 4 is 0 Å². The summed E-state index contributed by atoms with van der Waals surface area (Å²) in [6.45, 7) is 6.29. The molecule has 76 valence electrons. The van der Waals surface area contributed by atoms with Crippen LogP contribution in [0.3, 0.4) is 0 Å². The van der Waals surface area contributed by atoms with E-state index >= 15 is 0 Å². The monoisotopic (exact) mass is 191 g/mol. The van der Waals surface area contributed by atoms with Crippen molar-refractivity contribution in [2.75, 3.05) is 0 Å². The lowest BCUT2D eigenvalue weighted by atomic mass is 9.95. The van der Waals surface area contributed by atoms with Crippen LogP contribution in [0.2, 0.25) is 0 Å². The van der Waals surface area contributed by atoms with E-state index in [2.05, 4.69) is 25.8 Å². The molecule has 0 aromatic carbocycles. The molecule has 0 aliphatic heterocycles. The molecule has 0 bridgehead atoms. The maximum Gasteiger partial charge on any atom is 0.0986 e. The fourth-order valence-electron chi connectivity index (χ4n) is 1.04. The first-order valence-electron chi connectivity index (χ1n) is 4.76. The van der Waals surface area contributed by atoms with E-state index in [0.29, 0.717) is 0 Å². The summed E-state index contributed by atoms with van der Waals surface area (Å²) < 4.78 is 0. The Balaban J connectivity index is 2.69. The van der Waals surface area contributed by atoms with Crippen molar-refractivity contribution in [3.05, 3.63) is 42.2 Å². The molecule has 0 aliphatic rings. The molecule has 0 radical (unpaired) electrons. The Labute approximate surface area is 85.3 Å². The molecular weight excluding hydrogens is 174 g/mol. The van der Waals surface area contributed by atoms with Crippen LogP contribution in [0.4, 0.5) is 0 Å². The SMILES string of the molecule is CC(C)(C)/C=C/C(O)c1cccnc1. The number of aliphatic hydroxyl groups excluding tert-OH is 1. The fraction of sp³-hybridized carbons (Fsp3) is 0.417. The molecule has 1 N–H and O–H groups in total. The predicted octanol–water partition coefficient (Wildman–Crippen LogP) is 2.72. The second-order valence-corrected chi connectivity index (χ2v) is 4.46. The number of allylic oxidation sites excluding steroid dienone is 1. The lowest BCUT2D eigenvalue weighted by Gasteiger charge is -2.13. The molecule has 14 heavy (non-hydrogen) atoms. The van der Waals surface area contributed by atoms with Crippen molar-refractivity contribution in [2.24, 2.45) is 5.41 Å². The van der Waals surface area contributed by atoms with Gasteiger partial charge in [0.05, 0.1) is 6.10 Å². The van der Waals surface area contributed by atoms with Crippen molar-refractivity contribution in [1.29, 1.82) is 0 Å². The van der Waals surface area contributed by atoms with Gasteiger partial charge in [0, 0.05) is 18.0 Å². The van der Waals surface area contributed by atoms with E-state index in [1.165, 1.54) is 0 Å². The zero-order valence-electron chi connectivity index (χ0n) is 8.94. The van der Waals surface area contributed by atoms with Crippen molar-refractivity contribution in [3.63, 3.8) is 0 Å². The topological polar surface area (TPSA) is 33.1 Å². The van der Waals surface area contributed by atoms with Crippen LogP contribution in [-0.2, 0) is 0 Å². The summed E-state index contributed by atoms with van der Waals surface area (Å²) in [5, 5.41) is 9.76. The molecule has 1 unspecified atom stereocenters. The Morgan fingerprint density at radius 1 is 1.43 bits per heavy atom. The molecule has 1 rings (SSSR count). The highest BCUT2D eigenvalue weighted by molar-refractivity contribution is 5.17. The van der Waals surface area contributed by atoms with Gasteiger partial charge in [0.1, 0.15) is 0 Å². The van der Waals surface area contributed by atoms with Gasteiger partial charge in [-0.25, -0.2) is 0 Å². The summed E-state index contributed by atoms with van der Waals surface area (Å²) in [5.41, 5.74) is 0.927. The standard InChI is InChI=1S/C12H17NO/c1-12(2,3)7-6-11(14)10-5-4-8-13-9-10/h4-9,11,14H,1-3H3/b7-6+. The van der Waals surface area contributed by atoms with E-state index in [0.717, 1.165) is 5.56 Å². The van der Waals surface area contributed by atoms with E-state index in [1.54, 1.807) is 18.5 Å². The van der Waals surface area contributed by atoms with Crippen LogP contribution in [0.1, 0.15) is 32.4 Å². The van der Waals surface area contributed by atoms with Gasteiger partial charge in [0.25, 0.3) is 0 Å². The first-order chi connectivity index (χ1) is 6.49. The molecule has 0 saturated carbocycles. The van der Waals surface area contributed by atoms with Crippen LogP contribution in [0.5, 0.6) is 0 Å². The maximum absolute atomic E-state index is 9.76. The Bertz CT molecular complexity index is 298. The molecule has 0 saturated heterocycles. The van der Waals surface area contributed by atoms with Gasteiger partial charge in [-0.15, -0.1) is 0 Å². The summed E-state index contributed by atoms with van der Waals surface area (Å²) in [4.78, 5) is 3.96. The number of pyridine rings is 1. The maximum atomic E-state index is 9.76. The molecule has 1 aromatic rings. The van der Waals surface area contributed by atoms with Gasteiger partial charge in [-0.3, -0.25) is 4.98 Å². The molecule has 0 spiro atoms. The predicted molar refractivity (Wildman–Crippen MR) is 57.8 cm³/mol.